The lowest BCUT2D eigenvalue weighted by atomic mass is 9.67. The van der Waals surface area contributed by atoms with Crippen LogP contribution in [0.5, 0.6) is 0 Å². The molecule has 0 bridgehead atoms. The zero-order chi connectivity index (χ0) is 36.8. The second-order valence-corrected chi connectivity index (χ2v) is 15.1. The van der Waals surface area contributed by atoms with Gasteiger partial charge in [0.25, 0.3) is 0 Å². The van der Waals surface area contributed by atoms with Crippen LogP contribution in [-0.4, -0.2) is 0 Å². The first-order valence-electron chi connectivity index (χ1n) is 19.7. The SMILES string of the molecule is Cc1ccc2c(c1-c1cc3c(cc1N(c1ccccc1)c1ccc(-c4ccccc4)cc1)C(c1ccccc1)(c1ccccc1)c1ccccc1-3)CCCC2. The predicted molar refractivity (Wildman–Crippen MR) is 231 cm³/mol. The molecular weight excluding hydrogens is 663 g/mol. The van der Waals surface area contributed by atoms with Crippen molar-refractivity contribution >= 4 is 17.1 Å². The van der Waals surface area contributed by atoms with Gasteiger partial charge in [0.2, 0.25) is 0 Å². The van der Waals surface area contributed by atoms with Gasteiger partial charge in [-0.2, -0.15) is 0 Å². The maximum Gasteiger partial charge on any atom is 0.0714 e. The molecule has 0 spiro atoms. The first kappa shape index (κ1) is 33.2. The molecule has 2 aliphatic rings. The lowest BCUT2D eigenvalue weighted by Gasteiger charge is -2.36. The Kier molecular flexibility index (Phi) is 8.29. The number of rotatable bonds is 7. The summed E-state index contributed by atoms with van der Waals surface area (Å²) in [7, 11) is 0. The van der Waals surface area contributed by atoms with E-state index in [1.807, 2.05) is 0 Å². The van der Waals surface area contributed by atoms with Crippen molar-refractivity contribution in [3.05, 3.63) is 233 Å². The summed E-state index contributed by atoms with van der Waals surface area (Å²) in [5, 5.41) is 0. The number of hydrogen-bond donors (Lipinski definition) is 0. The Morgan fingerprint density at radius 2 is 1.00 bits per heavy atom. The van der Waals surface area contributed by atoms with Gasteiger partial charge in [-0.05, 0) is 136 Å². The van der Waals surface area contributed by atoms with Crippen molar-refractivity contribution in [2.45, 2.75) is 38.0 Å². The van der Waals surface area contributed by atoms with E-state index in [2.05, 4.69) is 206 Å². The highest BCUT2D eigenvalue weighted by Gasteiger charge is 2.47. The van der Waals surface area contributed by atoms with E-state index in [4.69, 9.17) is 0 Å². The molecule has 2 aliphatic carbocycles. The monoisotopic (exact) mass is 705 g/mol. The molecule has 10 rings (SSSR count). The summed E-state index contributed by atoms with van der Waals surface area (Å²) in [6, 6.07) is 72.1. The normalized spacial score (nSPS) is 13.8. The predicted octanol–water partition coefficient (Wildman–Crippen LogP) is 14.0. The van der Waals surface area contributed by atoms with Crippen LogP contribution in [0.3, 0.4) is 0 Å². The van der Waals surface area contributed by atoms with Crippen LogP contribution in [0.15, 0.2) is 194 Å². The van der Waals surface area contributed by atoms with E-state index in [-0.39, 0.29) is 0 Å². The van der Waals surface area contributed by atoms with Crippen LogP contribution in [0.4, 0.5) is 17.1 Å². The smallest absolute Gasteiger partial charge is 0.0714 e. The summed E-state index contributed by atoms with van der Waals surface area (Å²) in [4.78, 5) is 2.51. The molecule has 0 saturated carbocycles. The first-order chi connectivity index (χ1) is 27.2. The summed E-state index contributed by atoms with van der Waals surface area (Å²) < 4.78 is 0. The molecule has 0 radical (unpaired) electrons. The number of nitrogens with zero attached hydrogens (tertiary/aromatic N) is 1. The minimum absolute atomic E-state index is 0.508. The molecule has 0 saturated heterocycles. The van der Waals surface area contributed by atoms with E-state index in [9.17, 15) is 0 Å². The van der Waals surface area contributed by atoms with Crippen LogP contribution in [0, 0.1) is 6.92 Å². The van der Waals surface area contributed by atoms with Crippen LogP contribution >= 0.6 is 0 Å². The number of benzene rings is 8. The summed E-state index contributed by atoms with van der Waals surface area (Å²) in [6.45, 7) is 2.31. The van der Waals surface area contributed by atoms with Crippen molar-refractivity contribution in [1.82, 2.24) is 0 Å². The Labute approximate surface area is 325 Å². The Hall–Kier alpha value is -6.44. The van der Waals surface area contributed by atoms with Crippen LogP contribution in [0.25, 0.3) is 33.4 Å². The van der Waals surface area contributed by atoms with Crippen molar-refractivity contribution in [3.8, 4) is 33.4 Å². The summed E-state index contributed by atoms with van der Waals surface area (Å²) >= 11 is 0. The topological polar surface area (TPSA) is 3.24 Å². The molecule has 0 atom stereocenters. The molecular formula is C54H43N. The minimum atomic E-state index is -0.508. The Balaban J connectivity index is 1.32. The Morgan fingerprint density at radius 3 is 1.69 bits per heavy atom. The zero-order valence-corrected chi connectivity index (χ0v) is 31.3. The number of fused-ring (bicyclic) bond motifs is 4. The average molecular weight is 706 g/mol. The summed E-state index contributed by atoms with van der Waals surface area (Å²) in [5.41, 5.74) is 20.2. The molecule has 0 fully saturated rings. The van der Waals surface area contributed by atoms with Crippen molar-refractivity contribution < 1.29 is 0 Å². The largest absolute Gasteiger partial charge is 0.310 e. The standard InChI is InChI=1S/C54H43N/c1-38-30-31-41-20-14-15-27-46(41)53(38)49-36-48-47-28-16-17-29-50(47)54(42-21-8-3-9-22-42,43-23-10-4-11-24-43)51(48)37-52(49)55(44-25-12-5-13-26-44)45-34-32-40(33-35-45)39-18-6-2-7-19-39/h2-13,16-19,21-26,28-37H,14-15,20,27H2,1H3. The van der Waals surface area contributed by atoms with E-state index in [1.165, 1.54) is 90.9 Å². The van der Waals surface area contributed by atoms with Gasteiger partial charge in [-0.1, -0.05) is 158 Å². The van der Waals surface area contributed by atoms with Gasteiger partial charge in [-0.25, -0.2) is 0 Å². The molecule has 55 heavy (non-hydrogen) atoms. The summed E-state index contributed by atoms with van der Waals surface area (Å²) in [5.74, 6) is 0. The molecule has 0 aliphatic heterocycles. The Morgan fingerprint density at radius 1 is 0.436 bits per heavy atom. The molecule has 0 aromatic heterocycles. The van der Waals surface area contributed by atoms with Gasteiger partial charge in [0.15, 0.2) is 0 Å². The van der Waals surface area contributed by atoms with Gasteiger partial charge in [0.1, 0.15) is 0 Å². The molecule has 1 nitrogen and oxygen atoms in total. The molecule has 0 amide bonds. The quantitative estimate of drug-likeness (QED) is 0.160. The second kappa shape index (κ2) is 13.8. The van der Waals surface area contributed by atoms with Crippen LogP contribution < -0.4 is 4.90 Å². The fourth-order valence-corrected chi connectivity index (χ4v) is 9.62. The van der Waals surface area contributed by atoms with Gasteiger partial charge in [-0.3, -0.25) is 0 Å². The molecule has 8 aromatic rings. The van der Waals surface area contributed by atoms with E-state index < -0.39 is 5.41 Å². The third-order valence-corrected chi connectivity index (χ3v) is 12.1. The maximum absolute atomic E-state index is 2.56. The highest BCUT2D eigenvalue weighted by Crippen LogP contribution is 2.59. The van der Waals surface area contributed by atoms with Crippen molar-refractivity contribution in [2.24, 2.45) is 0 Å². The molecule has 8 aromatic carbocycles. The van der Waals surface area contributed by atoms with E-state index in [0.717, 1.165) is 24.2 Å². The van der Waals surface area contributed by atoms with Crippen LogP contribution in [-0.2, 0) is 18.3 Å². The zero-order valence-electron chi connectivity index (χ0n) is 31.3. The van der Waals surface area contributed by atoms with Gasteiger partial charge in [0.05, 0.1) is 11.1 Å². The van der Waals surface area contributed by atoms with Gasteiger partial charge in [0, 0.05) is 16.9 Å². The van der Waals surface area contributed by atoms with Crippen LogP contribution in [0.2, 0.25) is 0 Å². The second-order valence-electron chi connectivity index (χ2n) is 15.1. The van der Waals surface area contributed by atoms with Crippen LogP contribution in [0.1, 0.15) is 51.8 Å². The molecule has 0 heterocycles. The molecule has 0 unspecified atom stereocenters. The van der Waals surface area contributed by atoms with E-state index in [1.54, 1.807) is 0 Å². The van der Waals surface area contributed by atoms with Gasteiger partial charge < -0.3 is 4.90 Å². The fraction of sp³-hybridized carbons (Fsp3) is 0.111. The van der Waals surface area contributed by atoms with E-state index >= 15 is 0 Å². The van der Waals surface area contributed by atoms with Gasteiger partial charge in [-0.15, -0.1) is 0 Å². The highest BCUT2D eigenvalue weighted by molar-refractivity contribution is 5.98. The third-order valence-electron chi connectivity index (χ3n) is 12.1. The number of anilines is 3. The Bertz CT molecular complexity index is 2590. The summed E-state index contributed by atoms with van der Waals surface area (Å²) in [6.07, 6.45) is 4.72. The highest BCUT2D eigenvalue weighted by atomic mass is 15.1. The van der Waals surface area contributed by atoms with Crippen molar-refractivity contribution in [2.75, 3.05) is 4.90 Å². The molecule has 264 valence electrons. The van der Waals surface area contributed by atoms with E-state index in [0.29, 0.717) is 0 Å². The third kappa shape index (κ3) is 5.45. The van der Waals surface area contributed by atoms with Crippen molar-refractivity contribution in [3.63, 3.8) is 0 Å². The lowest BCUT2D eigenvalue weighted by molar-refractivity contribution is 0.686. The number of aryl methyl sites for hydroxylation is 2. The number of para-hydroxylation sites is 1. The van der Waals surface area contributed by atoms with Crippen molar-refractivity contribution in [1.29, 1.82) is 0 Å². The fourth-order valence-electron chi connectivity index (χ4n) is 9.62. The average Bonchev–Trinajstić information content (AvgIpc) is 3.55. The molecule has 1 heteroatoms. The number of hydrogen-bond acceptors (Lipinski definition) is 1. The first-order valence-corrected chi connectivity index (χ1v) is 19.7. The molecule has 0 N–H and O–H groups in total. The van der Waals surface area contributed by atoms with Gasteiger partial charge >= 0.3 is 0 Å². The minimum Gasteiger partial charge on any atom is -0.310 e. The lowest BCUT2D eigenvalue weighted by Crippen LogP contribution is -2.28. The maximum atomic E-state index is 2.56.